The van der Waals surface area contributed by atoms with Crippen molar-refractivity contribution in [2.75, 3.05) is 5.32 Å². The molecule has 3 rings (SSSR count). The topological polar surface area (TPSA) is 94.3 Å². The summed E-state index contributed by atoms with van der Waals surface area (Å²) in [6.45, 7) is 3.23. The van der Waals surface area contributed by atoms with E-state index in [0.29, 0.717) is 18.0 Å². The van der Waals surface area contributed by atoms with Gasteiger partial charge in [-0.25, -0.2) is 4.98 Å². The normalized spacial score (nSPS) is 12.1. The molecule has 0 fully saturated rings. The Labute approximate surface area is 148 Å². The number of carbonyl (C=O) groups is 2. The first kappa shape index (κ1) is 17.1. The SMILES string of the molecule is Cc1cc(NC(=O)[C@@H](C)OC(=O)CCc2nc3ccccc3s2)no1. The maximum Gasteiger partial charge on any atom is 0.306 e. The smallest absolute Gasteiger partial charge is 0.306 e. The third kappa shape index (κ3) is 4.42. The van der Waals surface area contributed by atoms with Crippen molar-refractivity contribution in [3.8, 4) is 0 Å². The predicted octanol–water partition coefficient (Wildman–Crippen LogP) is 3.10. The lowest BCUT2D eigenvalue weighted by Crippen LogP contribution is -2.30. The van der Waals surface area contributed by atoms with Gasteiger partial charge >= 0.3 is 5.97 Å². The third-order valence-electron chi connectivity index (χ3n) is 3.44. The summed E-state index contributed by atoms with van der Waals surface area (Å²) >= 11 is 1.55. The number of aromatic nitrogens is 2. The number of fused-ring (bicyclic) bond motifs is 1. The van der Waals surface area contributed by atoms with Crippen LogP contribution in [0.25, 0.3) is 10.2 Å². The molecule has 2 aromatic heterocycles. The zero-order valence-corrected chi connectivity index (χ0v) is 14.6. The average molecular weight is 359 g/mol. The first-order valence-corrected chi connectivity index (χ1v) is 8.61. The molecule has 1 atom stereocenters. The fraction of sp³-hybridized carbons (Fsp3) is 0.294. The average Bonchev–Trinajstić information content (AvgIpc) is 3.18. The highest BCUT2D eigenvalue weighted by molar-refractivity contribution is 7.18. The van der Waals surface area contributed by atoms with Gasteiger partial charge in [0.15, 0.2) is 11.9 Å². The van der Waals surface area contributed by atoms with Crippen LogP contribution in [0.3, 0.4) is 0 Å². The van der Waals surface area contributed by atoms with Crippen LogP contribution in [0.4, 0.5) is 5.82 Å². The van der Waals surface area contributed by atoms with E-state index in [2.05, 4.69) is 15.5 Å². The molecule has 0 aliphatic heterocycles. The molecule has 7 nitrogen and oxygen atoms in total. The Morgan fingerprint density at radius 1 is 1.36 bits per heavy atom. The molecule has 0 saturated heterocycles. The van der Waals surface area contributed by atoms with Crippen molar-refractivity contribution in [2.24, 2.45) is 0 Å². The van der Waals surface area contributed by atoms with Gasteiger partial charge in [0.2, 0.25) is 0 Å². The molecular formula is C17H17N3O4S. The van der Waals surface area contributed by atoms with Crippen LogP contribution in [-0.4, -0.2) is 28.1 Å². The molecular weight excluding hydrogens is 342 g/mol. The number of hydrogen-bond acceptors (Lipinski definition) is 7. The van der Waals surface area contributed by atoms with Gasteiger partial charge in [-0.1, -0.05) is 17.3 Å². The molecule has 25 heavy (non-hydrogen) atoms. The van der Waals surface area contributed by atoms with Crippen molar-refractivity contribution in [3.05, 3.63) is 41.1 Å². The lowest BCUT2D eigenvalue weighted by Gasteiger charge is -2.11. The van der Waals surface area contributed by atoms with Gasteiger partial charge in [0.05, 0.1) is 21.6 Å². The minimum Gasteiger partial charge on any atom is -0.453 e. The van der Waals surface area contributed by atoms with E-state index in [0.717, 1.165) is 15.2 Å². The van der Waals surface area contributed by atoms with Crippen molar-refractivity contribution < 1.29 is 18.8 Å². The molecule has 0 bridgehead atoms. The number of para-hydroxylation sites is 1. The monoisotopic (exact) mass is 359 g/mol. The predicted molar refractivity (Wildman–Crippen MR) is 93.4 cm³/mol. The van der Waals surface area contributed by atoms with Crippen LogP contribution in [-0.2, 0) is 20.7 Å². The number of aryl methyl sites for hydroxylation is 2. The van der Waals surface area contributed by atoms with E-state index in [4.69, 9.17) is 9.26 Å². The number of nitrogens with zero attached hydrogens (tertiary/aromatic N) is 2. The summed E-state index contributed by atoms with van der Waals surface area (Å²) in [5, 5.41) is 7.06. The summed E-state index contributed by atoms with van der Waals surface area (Å²) in [5.74, 6) is -0.0319. The van der Waals surface area contributed by atoms with Crippen LogP contribution in [0.15, 0.2) is 34.9 Å². The van der Waals surface area contributed by atoms with Crippen LogP contribution in [0.1, 0.15) is 24.1 Å². The fourth-order valence-electron chi connectivity index (χ4n) is 2.20. The van der Waals surface area contributed by atoms with Crippen molar-refractivity contribution in [1.82, 2.24) is 10.1 Å². The molecule has 130 valence electrons. The number of hydrogen-bond donors (Lipinski definition) is 1. The number of esters is 1. The summed E-state index contributed by atoms with van der Waals surface area (Å²) in [6.07, 6.45) is -0.268. The molecule has 1 aromatic carbocycles. The van der Waals surface area contributed by atoms with Crippen LogP contribution in [0.5, 0.6) is 0 Å². The molecule has 3 aromatic rings. The third-order valence-corrected chi connectivity index (χ3v) is 4.53. The maximum atomic E-state index is 12.0. The quantitative estimate of drug-likeness (QED) is 0.680. The second kappa shape index (κ2) is 7.43. The second-order valence-corrected chi connectivity index (χ2v) is 6.63. The van der Waals surface area contributed by atoms with Gasteiger partial charge in [0, 0.05) is 12.5 Å². The Bertz CT molecular complexity index is 869. The molecule has 0 aliphatic carbocycles. The number of carbonyl (C=O) groups excluding carboxylic acids is 2. The van der Waals surface area contributed by atoms with Gasteiger partial charge in [-0.05, 0) is 26.0 Å². The van der Waals surface area contributed by atoms with E-state index in [9.17, 15) is 9.59 Å². The molecule has 1 amide bonds. The Balaban J connectivity index is 1.48. The minimum atomic E-state index is -0.917. The van der Waals surface area contributed by atoms with Gasteiger partial charge in [-0.15, -0.1) is 11.3 Å². The number of nitrogens with one attached hydrogen (secondary N) is 1. The molecule has 0 unspecified atom stereocenters. The second-order valence-electron chi connectivity index (χ2n) is 5.52. The van der Waals surface area contributed by atoms with E-state index < -0.39 is 18.0 Å². The largest absolute Gasteiger partial charge is 0.453 e. The summed E-state index contributed by atoms with van der Waals surface area (Å²) in [5.41, 5.74) is 0.923. The standard InChI is InChI=1S/C17H17N3O4S/c1-10-9-14(20-24-10)19-17(22)11(2)23-16(21)8-7-15-18-12-5-3-4-6-13(12)25-15/h3-6,9,11H,7-8H2,1-2H3,(H,19,20,22)/t11-/m1/s1. The molecule has 0 radical (unpaired) electrons. The molecule has 8 heteroatoms. The Kier molecular flexibility index (Phi) is 5.08. The molecule has 1 N–H and O–H groups in total. The number of anilines is 1. The van der Waals surface area contributed by atoms with Crippen LogP contribution in [0.2, 0.25) is 0 Å². The van der Waals surface area contributed by atoms with Gasteiger partial charge in [0.25, 0.3) is 5.91 Å². The van der Waals surface area contributed by atoms with E-state index in [1.165, 1.54) is 6.92 Å². The van der Waals surface area contributed by atoms with Crippen molar-refractivity contribution in [3.63, 3.8) is 0 Å². The molecule has 0 saturated carbocycles. The Morgan fingerprint density at radius 2 is 2.16 bits per heavy atom. The summed E-state index contributed by atoms with van der Waals surface area (Å²) in [6, 6.07) is 9.39. The first-order chi connectivity index (χ1) is 12.0. The summed E-state index contributed by atoms with van der Waals surface area (Å²) in [7, 11) is 0. The van der Waals surface area contributed by atoms with E-state index in [1.807, 2.05) is 24.3 Å². The van der Waals surface area contributed by atoms with Gasteiger partial charge in [-0.2, -0.15) is 0 Å². The molecule has 0 spiro atoms. The maximum absolute atomic E-state index is 12.0. The Hall–Kier alpha value is -2.74. The van der Waals surface area contributed by atoms with E-state index >= 15 is 0 Å². The van der Waals surface area contributed by atoms with Crippen LogP contribution < -0.4 is 5.32 Å². The molecule has 0 aliphatic rings. The zero-order chi connectivity index (χ0) is 17.8. The highest BCUT2D eigenvalue weighted by Gasteiger charge is 2.19. The minimum absolute atomic E-state index is 0.167. The number of thiazole rings is 1. The zero-order valence-electron chi connectivity index (χ0n) is 13.8. The van der Waals surface area contributed by atoms with Crippen LogP contribution >= 0.6 is 11.3 Å². The van der Waals surface area contributed by atoms with Crippen molar-refractivity contribution in [2.45, 2.75) is 32.8 Å². The van der Waals surface area contributed by atoms with Gasteiger partial charge in [0.1, 0.15) is 5.76 Å². The van der Waals surface area contributed by atoms with Crippen molar-refractivity contribution >= 4 is 39.2 Å². The van der Waals surface area contributed by atoms with Gasteiger partial charge in [-0.3, -0.25) is 9.59 Å². The summed E-state index contributed by atoms with van der Waals surface area (Å²) < 4.78 is 11.1. The number of amides is 1. The number of rotatable bonds is 6. The highest BCUT2D eigenvalue weighted by atomic mass is 32.1. The fourth-order valence-corrected chi connectivity index (χ4v) is 3.17. The molecule has 2 heterocycles. The number of ether oxygens (including phenoxy) is 1. The lowest BCUT2D eigenvalue weighted by atomic mass is 10.3. The lowest BCUT2D eigenvalue weighted by molar-refractivity contribution is -0.153. The Morgan fingerprint density at radius 3 is 2.88 bits per heavy atom. The van der Waals surface area contributed by atoms with Gasteiger partial charge < -0.3 is 14.6 Å². The number of benzene rings is 1. The van der Waals surface area contributed by atoms with E-state index in [-0.39, 0.29) is 6.42 Å². The van der Waals surface area contributed by atoms with E-state index in [1.54, 1.807) is 24.3 Å². The van der Waals surface area contributed by atoms with Crippen molar-refractivity contribution in [1.29, 1.82) is 0 Å². The highest BCUT2D eigenvalue weighted by Crippen LogP contribution is 2.22. The first-order valence-electron chi connectivity index (χ1n) is 7.79. The van der Waals surface area contributed by atoms with Crippen LogP contribution in [0, 0.1) is 6.92 Å². The summed E-state index contributed by atoms with van der Waals surface area (Å²) in [4.78, 5) is 28.4.